The van der Waals surface area contributed by atoms with Gasteiger partial charge in [0.1, 0.15) is 5.69 Å². The average Bonchev–Trinajstić information content (AvgIpc) is 2.46. The van der Waals surface area contributed by atoms with Crippen molar-refractivity contribution in [1.29, 1.82) is 0 Å². The second kappa shape index (κ2) is 3.73. The Kier molecular flexibility index (Phi) is 2.83. The molecular weight excluding hydrogens is 194 g/mol. The monoisotopic (exact) mass is 204 g/mol. The molecular formula is C8H10F2N2O2. The highest BCUT2D eigenvalue weighted by Gasteiger charge is 2.25. The molecule has 4 nitrogen and oxygen atoms in total. The van der Waals surface area contributed by atoms with Crippen molar-refractivity contribution in [2.45, 2.75) is 26.3 Å². The molecule has 6 heteroatoms. The largest absolute Gasteiger partial charge is 0.477 e. The third-order valence-corrected chi connectivity index (χ3v) is 1.79. The van der Waals surface area contributed by atoms with E-state index < -0.39 is 23.8 Å². The summed E-state index contributed by atoms with van der Waals surface area (Å²) in [5.74, 6) is -1.38. The topological polar surface area (TPSA) is 55.1 Å². The molecule has 0 bridgehead atoms. The van der Waals surface area contributed by atoms with Gasteiger partial charge in [-0.25, -0.2) is 18.6 Å². The zero-order valence-electron chi connectivity index (χ0n) is 7.74. The summed E-state index contributed by atoms with van der Waals surface area (Å²) in [5.41, 5.74) is -1.11. The van der Waals surface area contributed by atoms with Gasteiger partial charge in [-0.3, -0.25) is 0 Å². The molecule has 0 aliphatic heterocycles. The van der Waals surface area contributed by atoms with Crippen molar-refractivity contribution in [2.24, 2.45) is 0 Å². The molecule has 0 saturated heterocycles. The highest BCUT2D eigenvalue weighted by Crippen LogP contribution is 2.23. The van der Waals surface area contributed by atoms with E-state index in [1.54, 1.807) is 13.8 Å². The molecule has 0 saturated carbocycles. The Balaban J connectivity index is 3.28. The number of hydrogen-bond acceptors (Lipinski definition) is 2. The lowest BCUT2D eigenvalue weighted by Gasteiger charge is -2.09. The fourth-order valence-corrected chi connectivity index (χ4v) is 1.15. The van der Waals surface area contributed by atoms with Gasteiger partial charge in [0.25, 0.3) is 6.43 Å². The molecule has 0 spiro atoms. The average molecular weight is 204 g/mol. The lowest BCUT2D eigenvalue weighted by Crippen LogP contribution is -2.12. The molecule has 1 rings (SSSR count). The van der Waals surface area contributed by atoms with E-state index in [-0.39, 0.29) is 6.04 Å². The molecule has 0 fully saturated rings. The number of imidazole rings is 1. The quantitative estimate of drug-likeness (QED) is 0.820. The summed E-state index contributed by atoms with van der Waals surface area (Å²) < 4.78 is 25.9. The van der Waals surface area contributed by atoms with Gasteiger partial charge in [-0.15, -0.1) is 0 Å². The van der Waals surface area contributed by atoms with E-state index in [0.717, 1.165) is 6.33 Å². The maximum atomic E-state index is 12.3. The van der Waals surface area contributed by atoms with E-state index in [1.807, 2.05) is 0 Å². The van der Waals surface area contributed by atoms with Crippen LogP contribution in [0, 0.1) is 0 Å². The van der Waals surface area contributed by atoms with Crippen LogP contribution in [0.1, 0.15) is 42.5 Å². The van der Waals surface area contributed by atoms with Crippen LogP contribution in [-0.2, 0) is 0 Å². The maximum absolute atomic E-state index is 12.3. The number of aromatic carboxylic acids is 1. The molecule has 0 atom stereocenters. The Labute approximate surface area is 79.2 Å². The van der Waals surface area contributed by atoms with Crippen molar-refractivity contribution >= 4 is 5.97 Å². The third kappa shape index (κ3) is 1.73. The van der Waals surface area contributed by atoms with Gasteiger partial charge in [-0.2, -0.15) is 0 Å². The Hall–Kier alpha value is -1.46. The summed E-state index contributed by atoms with van der Waals surface area (Å²) in [6.07, 6.45) is -1.74. The Bertz CT molecular complexity index is 322. The number of alkyl halides is 2. The first-order valence-corrected chi connectivity index (χ1v) is 4.03. The molecule has 0 aliphatic carbocycles. The van der Waals surface area contributed by atoms with Crippen LogP contribution in [-0.4, -0.2) is 20.6 Å². The minimum Gasteiger partial charge on any atom is -0.477 e. The molecule has 1 aromatic heterocycles. The Morgan fingerprint density at radius 2 is 2.14 bits per heavy atom. The molecule has 78 valence electrons. The number of hydrogen-bond donors (Lipinski definition) is 1. The van der Waals surface area contributed by atoms with Crippen molar-refractivity contribution in [3.05, 3.63) is 17.7 Å². The van der Waals surface area contributed by atoms with Crippen LogP contribution in [0.15, 0.2) is 6.33 Å². The van der Waals surface area contributed by atoms with E-state index in [1.165, 1.54) is 4.57 Å². The van der Waals surface area contributed by atoms with Crippen molar-refractivity contribution in [3.8, 4) is 0 Å². The molecule has 0 amide bonds. The smallest absolute Gasteiger partial charge is 0.354 e. The van der Waals surface area contributed by atoms with Gasteiger partial charge in [-0.05, 0) is 13.8 Å². The predicted molar refractivity (Wildman–Crippen MR) is 44.5 cm³/mol. The van der Waals surface area contributed by atoms with E-state index >= 15 is 0 Å². The number of carbonyl (C=O) groups is 1. The highest BCUT2D eigenvalue weighted by molar-refractivity contribution is 5.87. The number of carboxylic acid groups (broad SMARTS) is 1. The number of nitrogens with zero attached hydrogens (tertiary/aromatic N) is 2. The molecule has 1 aromatic rings. The number of rotatable bonds is 3. The van der Waals surface area contributed by atoms with Gasteiger partial charge in [0.15, 0.2) is 5.69 Å². The molecule has 1 N–H and O–H groups in total. The Morgan fingerprint density at radius 3 is 2.50 bits per heavy atom. The van der Waals surface area contributed by atoms with Crippen molar-refractivity contribution in [1.82, 2.24) is 9.55 Å². The van der Waals surface area contributed by atoms with Crippen LogP contribution in [0.3, 0.4) is 0 Å². The fraction of sp³-hybridized carbons (Fsp3) is 0.500. The van der Waals surface area contributed by atoms with Crippen LogP contribution in [0.4, 0.5) is 8.78 Å². The van der Waals surface area contributed by atoms with Crippen molar-refractivity contribution in [3.63, 3.8) is 0 Å². The second-order valence-electron chi connectivity index (χ2n) is 3.09. The molecule has 0 radical (unpaired) electrons. The molecule has 0 aromatic carbocycles. The van der Waals surface area contributed by atoms with E-state index in [0.29, 0.717) is 0 Å². The van der Waals surface area contributed by atoms with Crippen LogP contribution in [0.2, 0.25) is 0 Å². The molecule has 1 heterocycles. The zero-order chi connectivity index (χ0) is 10.9. The van der Waals surface area contributed by atoms with Gasteiger partial charge >= 0.3 is 5.97 Å². The molecule has 0 aliphatic rings. The van der Waals surface area contributed by atoms with Crippen LogP contribution >= 0.6 is 0 Å². The first kappa shape index (κ1) is 10.6. The summed E-state index contributed by atoms with van der Waals surface area (Å²) in [6, 6.07) is -0.207. The minimum atomic E-state index is -2.86. The SMILES string of the molecule is CC(C)n1cnc(C(F)F)c1C(=O)O. The lowest BCUT2D eigenvalue weighted by molar-refractivity contribution is 0.0669. The first-order valence-electron chi connectivity index (χ1n) is 4.03. The third-order valence-electron chi connectivity index (χ3n) is 1.79. The molecule has 0 unspecified atom stereocenters. The molecule has 14 heavy (non-hydrogen) atoms. The van der Waals surface area contributed by atoms with Gasteiger partial charge in [-0.1, -0.05) is 0 Å². The van der Waals surface area contributed by atoms with Gasteiger partial charge in [0, 0.05) is 6.04 Å². The maximum Gasteiger partial charge on any atom is 0.354 e. The van der Waals surface area contributed by atoms with E-state index in [9.17, 15) is 13.6 Å². The fourth-order valence-electron chi connectivity index (χ4n) is 1.15. The predicted octanol–water partition coefficient (Wildman–Crippen LogP) is 2.10. The van der Waals surface area contributed by atoms with E-state index in [2.05, 4.69) is 4.98 Å². The second-order valence-corrected chi connectivity index (χ2v) is 3.09. The number of carboxylic acids is 1. The summed E-state index contributed by atoms with van der Waals surface area (Å²) in [4.78, 5) is 14.1. The number of aromatic nitrogens is 2. The zero-order valence-corrected chi connectivity index (χ0v) is 7.74. The summed E-state index contributed by atoms with van der Waals surface area (Å²) in [6.45, 7) is 3.40. The van der Waals surface area contributed by atoms with Crippen molar-refractivity contribution < 1.29 is 18.7 Å². The van der Waals surface area contributed by atoms with Crippen LogP contribution < -0.4 is 0 Å². The standard InChI is InChI=1S/C8H10F2N2O2/c1-4(2)12-3-11-5(7(9)10)6(12)8(13)14/h3-4,7H,1-2H3,(H,13,14). The Morgan fingerprint density at radius 1 is 1.57 bits per heavy atom. The summed E-state index contributed by atoms with van der Waals surface area (Å²) in [7, 11) is 0. The highest BCUT2D eigenvalue weighted by atomic mass is 19.3. The van der Waals surface area contributed by atoms with Gasteiger partial charge in [0.2, 0.25) is 0 Å². The lowest BCUT2D eigenvalue weighted by atomic mass is 10.3. The van der Waals surface area contributed by atoms with Gasteiger partial charge < -0.3 is 9.67 Å². The van der Waals surface area contributed by atoms with Crippen LogP contribution in [0.5, 0.6) is 0 Å². The van der Waals surface area contributed by atoms with Gasteiger partial charge in [0.05, 0.1) is 6.33 Å². The number of halogens is 2. The summed E-state index contributed by atoms with van der Waals surface area (Å²) >= 11 is 0. The van der Waals surface area contributed by atoms with E-state index in [4.69, 9.17) is 5.11 Å². The normalized spacial score (nSPS) is 11.3. The minimum absolute atomic E-state index is 0.207. The summed E-state index contributed by atoms with van der Waals surface area (Å²) in [5, 5.41) is 8.74. The van der Waals surface area contributed by atoms with Crippen LogP contribution in [0.25, 0.3) is 0 Å². The first-order chi connectivity index (χ1) is 6.45. The van der Waals surface area contributed by atoms with Crippen molar-refractivity contribution in [2.75, 3.05) is 0 Å².